The number of nitro groups is 1. The molecule has 0 amide bonds. The number of nitro benzene ring substituents is 1. The Morgan fingerprint density at radius 2 is 2.14 bits per heavy atom. The molecule has 0 fully saturated rings. The maximum Gasteiger partial charge on any atom is 0.283 e. The summed E-state index contributed by atoms with van der Waals surface area (Å²) in [6.07, 6.45) is 1.49. The first kappa shape index (κ1) is 15.5. The number of hydrogen-bond donors (Lipinski definition) is 1. The van der Waals surface area contributed by atoms with Gasteiger partial charge in [0.05, 0.1) is 10.6 Å². The number of nitrogens with zero attached hydrogens (tertiary/aromatic N) is 2. The third-order valence-corrected chi connectivity index (χ3v) is 2.97. The first-order valence-electron chi connectivity index (χ1n) is 6.40. The van der Waals surface area contributed by atoms with Crippen LogP contribution in [-0.2, 0) is 6.54 Å². The van der Waals surface area contributed by atoms with E-state index >= 15 is 0 Å². The van der Waals surface area contributed by atoms with E-state index in [4.69, 9.17) is 16.0 Å². The zero-order valence-electron chi connectivity index (χ0n) is 12.0. The fraction of sp³-hybridized carbons (Fsp3) is 0.357. The van der Waals surface area contributed by atoms with Crippen molar-refractivity contribution in [1.29, 1.82) is 0 Å². The van der Waals surface area contributed by atoms with Crippen LogP contribution < -0.4 is 5.32 Å². The lowest BCUT2D eigenvalue weighted by Crippen LogP contribution is -2.35. The number of halogens is 1. The van der Waals surface area contributed by atoms with E-state index in [0.29, 0.717) is 22.8 Å². The van der Waals surface area contributed by atoms with E-state index in [0.717, 1.165) is 0 Å². The third-order valence-electron chi connectivity index (χ3n) is 2.74. The van der Waals surface area contributed by atoms with Gasteiger partial charge in [0, 0.05) is 23.2 Å². The topological polar surface area (TPSA) is 81.2 Å². The Balaban J connectivity index is 2.28. The zero-order chi connectivity index (χ0) is 15.6. The van der Waals surface area contributed by atoms with Gasteiger partial charge in [0.1, 0.15) is 11.8 Å². The summed E-state index contributed by atoms with van der Waals surface area (Å²) in [7, 11) is 0. The van der Waals surface area contributed by atoms with Gasteiger partial charge >= 0.3 is 0 Å². The number of nitrogens with one attached hydrogen (secondary N) is 1. The van der Waals surface area contributed by atoms with Crippen molar-refractivity contribution in [3.8, 4) is 11.5 Å². The molecule has 0 saturated carbocycles. The zero-order valence-corrected chi connectivity index (χ0v) is 12.8. The molecule has 1 heterocycles. The van der Waals surface area contributed by atoms with Crippen LogP contribution in [0.15, 0.2) is 28.9 Å². The molecule has 7 heteroatoms. The second-order valence-electron chi connectivity index (χ2n) is 5.67. The molecule has 0 aliphatic rings. The maximum atomic E-state index is 11.1. The van der Waals surface area contributed by atoms with Crippen LogP contribution in [0, 0.1) is 10.1 Å². The molecule has 1 aromatic heterocycles. The lowest BCUT2D eigenvalue weighted by molar-refractivity contribution is -0.384. The molecule has 6 nitrogen and oxygen atoms in total. The molecule has 0 atom stereocenters. The first-order chi connectivity index (χ1) is 9.76. The summed E-state index contributed by atoms with van der Waals surface area (Å²) >= 11 is 5.79. The van der Waals surface area contributed by atoms with Crippen molar-refractivity contribution in [3.63, 3.8) is 0 Å². The number of hydrogen-bond acceptors (Lipinski definition) is 5. The fourth-order valence-electron chi connectivity index (χ4n) is 1.70. The average Bonchev–Trinajstić information content (AvgIpc) is 2.84. The van der Waals surface area contributed by atoms with Gasteiger partial charge in [0.2, 0.25) is 5.89 Å². The molecule has 1 N–H and O–H groups in total. The van der Waals surface area contributed by atoms with Gasteiger partial charge < -0.3 is 9.73 Å². The van der Waals surface area contributed by atoms with Crippen LogP contribution in [0.2, 0.25) is 5.02 Å². The van der Waals surface area contributed by atoms with Gasteiger partial charge in [0.15, 0.2) is 0 Å². The van der Waals surface area contributed by atoms with Crippen LogP contribution in [-0.4, -0.2) is 15.4 Å². The van der Waals surface area contributed by atoms with Gasteiger partial charge in [0.25, 0.3) is 5.69 Å². The second-order valence-corrected chi connectivity index (χ2v) is 6.10. The van der Waals surface area contributed by atoms with Crippen LogP contribution in [0.1, 0.15) is 26.5 Å². The molecule has 0 spiro atoms. The molecule has 112 valence electrons. The summed E-state index contributed by atoms with van der Waals surface area (Å²) in [5.41, 5.74) is 0.820. The molecular weight excluding hydrogens is 294 g/mol. The fourth-order valence-corrected chi connectivity index (χ4v) is 1.87. The Bertz CT molecular complexity index is 662. The Hall–Kier alpha value is -1.92. The van der Waals surface area contributed by atoms with Gasteiger partial charge in [-0.1, -0.05) is 11.6 Å². The molecule has 0 radical (unpaired) electrons. The predicted octanol–water partition coefficient (Wildman–Crippen LogP) is 3.79. The van der Waals surface area contributed by atoms with Crippen molar-refractivity contribution < 1.29 is 9.34 Å². The second kappa shape index (κ2) is 5.83. The van der Waals surface area contributed by atoms with Crippen LogP contribution in [0.3, 0.4) is 0 Å². The molecule has 0 saturated heterocycles. The number of oxazole rings is 1. The lowest BCUT2D eigenvalue weighted by atomic mass is 10.1. The van der Waals surface area contributed by atoms with Gasteiger partial charge in [-0.25, -0.2) is 4.98 Å². The monoisotopic (exact) mass is 309 g/mol. The highest BCUT2D eigenvalue weighted by molar-refractivity contribution is 6.30. The summed E-state index contributed by atoms with van der Waals surface area (Å²) in [6, 6.07) is 4.39. The smallest absolute Gasteiger partial charge is 0.283 e. The molecule has 2 rings (SSSR count). The minimum atomic E-state index is -0.501. The standard InChI is InChI=1S/C14H16ClN3O3/c1-14(2,3)16-7-10-8-21-13(17-10)11-5-4-9(15)6-12(11)18(19)20/h4-6,8,16H,7H2,1-3H3. The highest BCUT2D eigenvalue weighted by atomic mass is 35.5. The van der Waals surface area contributed by atoms with E-state index in [-0.39, 0.29) is 17.1 Å². The van der Waals surface area contributed by atoms with Gasteiger partial charge in [-0.2, -0.15) is 0 Å². The Labute approximate surface area is 127 Å². The van der Waals surface area contributed by atoms with Gasteiger partial charge in [-0.05, 0) is 32.9 Å². The largest absolute Gasteiger partial charge is 0.444 e. The van der Waals surface area contributed by atoms with Crippen molar-refractivity contribution >= 4 is 17.3 Å². The summed E-state index contributed by atoms with van der Waals surface area (Å²) in [6.45, 7) is 6.64. The van der Waals surface area contributed by atoms with E-state index in [1.165, 1.54) is 18.4 Å². The van der Waals surface area contributed by atoms with E-state index in [9.17, 15) is 10.1 Å². The SMILES string of the molecule is CC(C)(C)NCc1coc(-c2ccc(Cl)cc2[N+](=O)[O-])n1. The van der Waals surface area contributed by atoms with E-state index in [1.807, 2.05) is 20.8 Å². The summed E-state index contributed by atoms with van der Waals surface area (Å²) in [5.74, 6) is 0.212. The third kappa shape index (κ3) is 4.03. The quantitative estimate of drug-likeness (QED) is 0.686. The van der Waals surface area contributed by atoms with E-state index in [2.05, 4.69) is 10.3 Å². The van der Waals surface area contributed by atoms with Crippen molar-refractivity contribution in [2.24, 2.45) is 0 Å². The lowest BCUT2D eigenvalue weighted by Gasteiger charge is -2.19. The first-order valence-corrected chi connectivity index (χ1v) is 6.78. The Kier molecular flexibility index (Phi) is 4.29. The molecular formula is C14H16ClN3O3. The van der Waals surface area contributed by atoms with E-state index < -0.39 is 4.92 Å². The summed E-state index contributed by atoms with van der Waals surface area (Å²) < 4.78 is 5.35. The molecule has 0 aliphatic heterocycles. The molecule has 0 bridgehead atoms. The minimum absolute atomic E-state index is 0.0502. The number of rotatable bonds is 4. The minimum Gasteiger partial charge on any atom is -0.444 e. The average molecular weight is 310 g/mol. The summed E-state index contributed by atoms with van der Waals surface area (Å²) in [4.78, 5) is 14.9. The van der Waals surface area contributed by atoms with Crippen molar-refractivity contribution in [2.75, 3.05) is 0 Å². The van der Waals surface area contributed by atoms with Crippen LogP contribution in [0.5, 0.6) is 0 Å². The molecule has 2 aromatic rings. The molecule has 1 aromatic carbocycles. The van der Waals surface area contributed by atoms with Crippen molar-refractivity contribution in [1.82, 2.24) is 10.3 Å². The summed E-state index contributed by atoms with van der Waals surface area (Å²) in [5, 5.41) is 14.6. The van der Waals surface area contributed by atoms with Crippen molar-refractivity contribution in [2.45, 2.75) is 32.9 Å². The maximum absolute atomic E-state index is 11.1. The molecule has 0 unspecified atom stereocenters. The molecule has 0 aliphatic carbocycles. The van der Waals surface area contributed by atoms with Crippen LogP contribution >= 0.6 is 11.6 Å². The van der Waals surface area contributed by atoms with Crippen LogP contribution in [0.4, 0.5) is 5.69 Å². The predicted molar refractivity (Wildman–Crippen MR) is 80.2 cm³/mol. The normalized spacial score (nSPS) is 11.6. The Morgan fingerprint density at radius 1 is 1.43 bits per heavy atom. The van der Waals surface area contributed by atoms with Gasteiger partial charge in [-0.3, -0.25) is 10.1 Å². The molecule has 21 heavy (non-hydrogen) atoms. The number of aromatic nitrogens is 1. The highest BCUT2D eigenvalue weighted by Crippen LogP contribution is 2.31. The highest BCUT2D eigenvalue weighted by Gasteiger charge is 2.20. The van der Waals surface area contributed by atoms with E-state index in [1.54, 1.807) is 6.07 Å². The van der Waals surface area contributed by atoms with Crippen LogP contribution in [0.25, 0.3) is 11.5 Å². The van der Waals surface area contributed by atoms with Crippen molar-refractivity contribution in [3.05, 3.63) is 45.3 Å². The number of benzene rings is 1. The Morgan fingerprint density at radius 3 is 2.76 bits per heavy atom. The van der Waals surface area contributed by atoms with Gasteiger partial charge in [-0.15, -0.1) is 0 Å².